The summed E-state index contributed by atoms with van der Waals surface area (Å²) in [5.41, 5.74) is 0.664. The minimum atomic E-state index is -4.37. The van der Waals surface area contributed by atoms with Crippen LogP contribution in [0, 0.1) is 0 Å². The molecule has 2 aromatic rings. The van der Waals surface area contributed by atoms with E-state index in [0.717, 1.165) is 10.8 Å². The number of carbonyl (C=O) groups is 1. The zero-order valence-electron chi connectivity index (χ0n) is 16.7. The molecule has 0 radical (unpaired) electrons. The molecule has 0 bridgehead atoms. The molecule has 0 saturated carbocycles. The second kappa shape index (κ2) is 8.63. The van der Waals surface area contributed by atoms with E-state index in [0.29, 0.717) is 5.56 Å². The predicted molar refractivity (Wildman–Crippen MR) is 109 cm³/mol. The van der Waals surface area contributed by atoms with Gasteiger partial charge in [0.1, 0.15) is 0 Å². The fourth-order valence-electron chi connectivity index (χ4n) is 3.34. The highest BCUT2D eigenvalue weighted by Gasteiger charge is 2.29. The van der Waals surface area contributed by atoms with Crippen LogP contribution in [0.15, 0.2) is 60.7 Å². The third-order valence-electron chi connectivity index (χ3n) is 4.41. The molecule has 0 aromatic heterocycles. The van der Waals surface area contributed by atoms with Crippen molar-refractivity contribution in [3.63, 3.8) is 0 Å². The molecule has 0 saturated heterocycles. The first-order valence-corrected chi connectivity index (χ1v) is 9.27. The maximum Gasteiger partial charge on any atom is 0.393 e. The Morgan fingerprint density at radius 1 is 1.04 bits per heavy atom. The second-order valence-electron chi connectivity index (χ2n) is 7.47. The van der Waals surface area contributed by atoms with Gasteiger partial charge in [-0.25, -0.2) is 0 Å². The Kier molecular flexibility index (Phi) is 6.70. The largest absolute Gasteiger partial charge is 0.393 e. The average molecular weight is 389 g/mol. The third-order valence-corrected chi connectivity index (χ3v) is 4.41. The first-order valence-electron chi connectivity index (χ1n) is 9.27. The molecule has 0 atom stereocenters. The standard InChI is InChI=1S/C23H26F3NO/c1-15(2)27(16(3)4)22(28)21(12-17(5)14-23(24,25)26)20-11-10-18-8-6-7-9-19(18)13-20/h6-13,15-16H,5,14H2,1-4H3/b21-12+. The number of nitrogens with zero attached hydrogens (tertiary/aromatic N) is 1. The van der Waals surface area contributed by atoms with Gasteiger partial charge in [-0.15, -0.1) is 0 Å². The first-order chi connectivity index (χ1) is 13.0. The molecule has 2 aromatic carbocycles. The lowest BCUT2D eigenvalue weighted by Gasteiger charge is -2.32. The van der Waals surface area contributed by atoms with Gasteiger partial charge in [0.15, 0.2) is 0 Å². The molecular formula is C23H26F3NO. The van der Waals surface area contributed by atoms with Gasteiger partial charge in [-0.1, -0.05) is 43.0 Å². The van der Waals surface area contributed by atoms with Gasteiger partial charge in [0.2, 0.25) is 0 Å². The summed E-state index contributed by atoms with van der Waals surface area (Å²) in [6, 6.07) is 12.9. The Morgan fingerprint density at radius 2 is 1.61 bits per heavy atom. The van der Waals surface area contributed by atoms with E-state index in [4.69, 9.17) is 0 Å². The van der Waals surface area contributed by atoms with Crippen molar-refractivity contribution < 1.29 is 18.0 Å². The maximum atomic E-state index is 13.3. The molecule has 1 amide bonds. The molecule has 28 heavy (non-hydrogen) atoms. The molecule has 2 nitrogen and oxygen atoms in total. The number of benzene rings is 2. The van der Waals surface area contributed by atoms with E-state index in [9.17, 15) is 18.0 Å². The van der Waals surface area contributed by atoms with Crippen LogP contribution in [0.2, 0.25) is 0 Å². The smallest absolute Gasteiger partial charge is 0.334 e. The van der Waals surface area contributed by atoms with E-state index in [-0.39, 0.29) is 29.1 Å². The van der Waals surface area contributed by atoms with Crippen molar-refractivity contribution in [1.82, 2.24) is 4.90 Å². The van der Waals surface area contributed by atoms with Crippen LogP contribution >= 0.6 is 0 Å². The number of amides is 1. The Labute approximate surface area is 164 Å². The minimum absolute atomic E-state index is 0.0905. The summed E-state index contributed by atoms with van der Waals surface area (Å²) in [6.45, 7) is 11.1. The van der Waals surface area contributed by atoms with Crippen molar-refractivity contribution in [2.75, 3.05) is 0 Å². The van der Waals surface area contributed by atoms with E-state index in [1.54, 1.807) is 11.0 Å². The monoisotopic (exact) mass is 389 g/mol. The quantitative estimate of drug-likeness (QED) is 0.415. The highest BCUT2D eigenvalue weighted by Crippen LogP contribution is 2.29. The molecule has 150 valence electrons. The van der Waals surface area contributed by atoms with Crippen LogP contribution in [0.5, 0.6) is 0 Å². The highest BCUT2D eigenvalue weighted by atomic mass is 19.4. The van der Waals surface area contributed by atoms with Crippen molar-refractivity contribution in [3.8, 4) is 0 Å². The molecule has 0 heterocycles. The Balaban J connectivity index is 2.57. The summed E-state index contributed by atoms with van der Waals surface area (Å²) in [5, 5.41) is 1.91. The molecule has 0 aliphatic heterocycles. The van der Waals surface area contributed by atoms with Gasteiger partial charge < -0.3 is 4.90 Å². The summed E-state index contributed by atoms with van der Waals surface area (Å²) in [6.07, 6.45) is -4.25. The first kappa shape index (κ1) is 21.7. The van der Waals surface area contributed by atoms with Crippen LogP contribution in [-0.4, -0.2) is 29.1 Å². The van der Waals surface area contributed by atoms with Crippen LogP contribution in [0.1, 0.15) is 39.7 Å². The van der Waals surface area contributed by atoms with Crippen molar-refractivity contribution in [3.05, 3.63) is 66.3 Å². The Morgan fingerprint density at radius 3 is 2.14 bits per heavy atom. The highest BCUT2D eigenvalue weighted by molar-refractivity contribution is 6.20. The third kappa shape index (κ3) is 5.47. The normalized spacial score (nSPS) is 12.7. The van der Waals surface area contributed by atoms with Gasteiger partial charge in [-0.05, 0) is 61.7 Å². The summed E-state index contributed by atoms with van der Waals surface area (Å²) < 4.78 is 38.4. The molecular weight excluding hydrogens is 363 g/mol. The number of hydrogen-bond donors (Lipinski definition) is 0. The minimum Gasteiger partial charge on any atom is -0.334 e. The van der Waals surface area contributed by atoms with Crippen molar-refractivity contribution >= 4 is 22.3 Å². The van der Waals surface area contributed by atoms with E-state index in [1.165, 1.54) is 6.08 Å². The number of alkyl halides is 3. The van der Waals surface area contributed by atoms with Crippen LogP contribution in [0.4, 0.5) is 13.2 Å². The molecule has 5 heteroatoms. The number of hydrogen-bond acceptors (Lipinski definition) is 1. The van der Waals surface area contributed by atoms with Crippen LogP contribution < -0.4 is 0 Å². The zero-order valence-corrected chi connectivity index (χ0v) is 16.7. The van der Waals surface area contributed by atoms with Gasteiger partial charge >= 0.3 is 6.18 Å². The summed E-state index contributed by atoms with van der Waals surface area (Å²) in [7, 11) is 0. The lowest BCUT2D eigenvalue weighted by atomic mass is 9.97. The maximum absolute atomic E-state index is 13.3. The van der Waals surface area contributed by atoms with Gasteiger partial charge in [0.25, 0.3) is 5.91 Å². The van der Waals surface area contributed by atoms with Gasteiger partial charge in [-0.2, -0.15) is 13.2 Å². The number of halogens is 3. The summed E-state index contributed by atoms with van der Waals surface area (Å²) >= 11 is 0. The molecule has 2 rings (SSSR count). The number of rotatable bonds is 6. The van der Waals surface area contributed by atoms with E-state index in [1.807, 2.05) is 64.1 Å². The molecule has 0 fully saturated rings. The average Bonchev–Trinajstić information content (AvgIpc) is 2.57. The predicted octanol–water partition coefficient (Wildman–Crippen LogP) is 6.38. The number of allylic oxidation sites excluding steroid dienone is 2. The summed E-state index contributed by atoms with van der Waals surface area (Å²) in [4.78, 5) is 15.0. The molecule has 0 unspecified atom stereocenters. The number of fused-ring (bicyclic) bond motifs is 1. The van der Waals surface area contributed by atoms with Gasteiger partial charge in [0, 0.05) is 17.7 Å². The Bertz CT molecular complexity index is 886. The molecule has 0 spiro atoms. The summed E-state index contributed by atoms with van der Waals surface area (Å²) in [5.74, 6) is -0.302. The van der Waals surface area contributed by atoms with Gasteiger partial charge in [-0.3, -0.25) is 4.79 Å². The fourth-order valence-corrected chi connectivity index (χ4v) is 3.34. The van der Waals surface area contributed by atoms with Crippen LogP contribution in [-0.2, 0) is 4.79 Å². The van der Waals surface area contributed by atoms with Crippen LogP contribution in [0.25, 0.3) is 16.3 Å². The molecule has 0 aliphatic carbocycles. The van der Waals surface area contributed by atoms with E-state index in [2.05, 4.69) is 6.58 Å². The lowest BCUT2D eigenvalue weighted by Crippen LogP contribution is -2.42. The topological polar surface area (TPSA) is 20.3 Å². The van der Waals surface area contributed by atoms with Crippen molar-refractivity contribution in [2.45, 2.75) is 52.4 Å². The van der Waals surface area contributed by atoms with Gasteiger partial charge in [0.05, 0.1) is 6.42 Å². The van der Waals surface area contributed by atoms with E-state index < -0.39 is 12.6 Å². The molecule has 0 aliphatic rings. The molecule has 0 N–H and O–H groups in total. The van der Waals surface area contributed by atoms with E-state index >= 15 is 0 Å². The van der Waals surface area contributed by atoms with Crippen molar-refractivity contribution in [1.29, 1.82) is 0 Å². The van der Waals surface area contributed by atoms with Crippen molar-refractivity contribution in [2.24, 2.45) is 0 Å². The Hall–Kier alpha value is -2.56. The number of carbonyl (C=O) groups excluding carboxylic acids is 1. The zero-order chi connectivity index (χ0) is 21.1. The second-order valence-corrected chi connectivity index (χ2v) is 7.47. The van der Waals surface area contributed by atoms with Crippen LogP contribution in [0.3, 0.4) is 0 Å². The fraction of sp³-hybridized carbons (Fsp3) is 0.348. The SMILES string of the molecule is C=C(/C=C(/C(=O)N(C(C)C)C(C)C)c1ccc2ccccc2c1)CC(F)(F)F. The lowest BCUT2D eigenvalue weighted by molar-refractivity contribution is -0.129.